The van der Waals surface area contributed by atoms with Crippen molar-refractivity contribution in [1.82, 2.24) is 15.5 Å². The Kier molecular flexibility index (Phi) is 8.40. The number of halogens is 1. The zero-order valence-corrected chi connectivity index (χ0v) is 16.7. The van der Waals surface area contributed by atoms with Crippen LogP contribution in [-0.2, 0) is 9.84 Å². The highest BCUT2D eigenvalue weighted by molar-refractivity contribution is 14.0. The van der Waals surface area contributed by atoms with Crippen LogP contribution in [-0.4, -0.2) is 70.6 Å². The third kappa shape index (κ3) is 6.57. The molecule has 2 heterocycles. The number of hydrogen-bond donors (Lipinski definition) is 2. The molecule has 0 aromatic heterocycles. The Labute approximate surface area is 151 Å². The van der Waals surface area contributed by atoms with Gasteiger partial charge in [0.2, 0.25) is 0 Å². The normalized spacial score (nSPS) is 26.5. The van der Waals surface area contributed by atoms with Crippen molar-refractivity contribution < 1.29 is 8.42 Å². The van der Waals surface area contributed by atoms with E-state index in [1.807, 2.05) is 0 Å². The minimum Gasteiger partial charge on any atom is -0.356 e. The topological polar surface area (TPSA) is 73.8 Å². The quantitative estimate of drug-likeness (QED) is 0.379. The molecule has 0 aromatic carbocycles. The molecule has 0 spiro atoms. The molecule has 2 aliphatic rings. The molecule has 0 radical (unpaired) electrons. The highest BCUT2D eigenvalue weighted by Gasteiger charge is 2.28. The molecule has 0 aromatic rings. The fourth-order valence-corrected chi connectivity index (χ4v) is 4.72. The smallest absolute Gasteiger partial charge is 0.191 e. The summed E-state index contributed by atoms with van der Waals surface area (Å²) in [5.74, 6) is 2.03. The zero-order chi connectivity index (χ0) is 15.3. The molecule has 8 heteroatoms. The summed E-state index contributed by atoms with van der Waals surface area (Å²) in [6.07, 6.45) is 4.37. The fourth-order valence-electron chi connectivity index (χ4n) is 3.04. The molecular formula is C14H29IN4O2S. The van der Waals surface area contributed by atoms with E-state index in [9.17, 15) is 8.42 Å². The van der Waals surface area contributed by atoms with Crippen molar-refractivity contribution in [1.29, 1.82) is 0 Å². The molecule has 0 amide bonds. The lowest BCUT2D eigenvalue weighted by Crippen LogP contribution is -2.44. The number of guanidine groups is 1. The van der Waals surface area contributed by atoms with Crippen LogP contribution in [0.5, 0.6) is 0 Å². The summed E-state index contributed by atoms with van der Waals surface area (Å²) in [6, 6.07) is 0.00419. The first-order valence-electron chi connectivity index (χ1n) is 7.84. The van der Waals surface area contributed by atoms with Crippen molar-refractivity contribution in [3.05, 3.63) is 0 Å². The molecule has 2 fully saturated rings. The number of rotatable bonds is 4. The average Bonchev–Trinajstić information content (AvgIpc) is 2.79. The fraction of sp³-hybridized carbons (Fsp3) is 0.929. The number of aliphatic imine (C=N–C) groups is 1. The van der Waals surface area contributed by atoms with Gasteiger partial charge < -0.3 is 15.5 Å². The van der Waals surface area contributed by atoms with Gasteiger partial charge in [0.05, 0.1) is 11.5 Å². The summed E-state index contributed by atoms with van der Waals surface area (Å²) in [5, 5.41) is 6.53. The van der Waals surface area contributed by atoms with E-state index in [4.69, 9.17) is 0 Å². The minimum atomic E-state index is -2.84. The number of piperidine rings is 1. The summed E-state index contributed by atoms with van der Waals surface area (Å²) in [6.45, 7) is 3.28. The lowest BCUT2D eigenvalue weighted by Gasteiger charge is -2.29. The standard InChI is InChI=1S/C14H28N4O2S.HI/c1-15-14(17-13-6-10-21(19,20)11-13)16-7-3-12-4-8-18(2)9-5-12;/h12-13H,3-11H2,1-2H3,(H2,15,16,17);1H. The zero-order valence-electron chi connectivity index (χ0n) is 13.5. The summed E-state index contributed by atoms with van der Waals surface area (Å²) in [4.78, 5) is 6.57. The van der Waals surface area contributed by atoms with Crippen molar-refractivity contribution in [3.8, 4) is 0 Å². The van der Waals surface area contributed by atoms with Gasteiger partial charge in [-0.3, -0.25) is 4.99 Å². The third-order valence-corrected chi connectivity index (χ3v) is 6.25. The van der Waals surface area contributed by atoms with Crippen molar-refractivity contribution in [2.45, 2.75) is 31.7 Å². The summed E-state index contributed by atoms with van der Waals surface area (Å²) < 4.78 is 22.9. The molecule has 0 bridgehead atoms. The molecule has 2 saturated heterocycles. The van der Waals surface area contributed by atoms with E-state index in [1.165, 1.54) is 25.9 Å². The first kappa shape index (κ1) is 20.0. The molecule has 6 nitrogen and oxygen atoms in total. The van der Waals surface area contributed by atoms with Gasteiger partial charge in [-0.25, -0.2) is 8.42 Å². The van der Waals surface area contributed by atoms with Crippen molar-refractivity contribution in [2.75, 3.05) is 45.2 Å². The Hall–Kier alpha value is -0.0900. The molecule has 2 rings (SSSR count). The number of likely N-dealkylation sites (tertiary alicyclic amines) is 1. The van der Waals surface area contributed by atoms with Gasteiger partial charge in [0.1, 0.15) is 0 Å². The van der Waals surface area contributed by atoms with Crippen molar-refractivity contribution in [2.24, 2.45) is 10.9 Å². The number of sulfone groups is 1. The van der Waals surface area contributed by atoms with E-state index in [-0.39, 0.29) is 41.5 Å². The van der Waals surface area contributed by atoms with Crippen molar-refractivity contribution >= 4 is 39.8 Å². The van der Waals surface area contributed by atoms with Crippen LogP contribution in [0.2, 0.25) is 0 Å². The van der Waals surface area contributed by atoms with Crippen LogP contribution >= 0.6 is 24.0 Å². The Morgan fingerprint density at radius 2 is 1.95 bits per heavy atom. The second-order valence-corrected chi connectivity index (χ2v) is 8.51. The maximum absolute atomic E-state index is 11.5. The molecular weight excluding hydrogens is 415 g/mol. The molecule has 0 saturated carbocycles. The van der Waals surface area contributed by atoms with Gasteiger partial charge in [-0.1, -0.05) is 0 Å². The monoisotopic (exact) mass is 444 g/mol. The molecule has 22 heavy (non-hydrogen) atoms. The highest BCUT2D eigenvalue weighted by atomic mass is 127. The second-order valence-electron chi connectivity index (χ2n) is 6.28. The first-order valence-corrected chi connectivity index (χ1v) is 9.67. The van der Waals surface area contributed by atoms with E-state index in [2.05, 4.69) is 27.6 Å². The van der Waals surface area contributed by atoms with E-state index in [0.29, 0.717) is 6.42 Å². The highest BCUT2D eigenvalue weighted by Crippen LogP contribution is 2.18. The molecule has 1 unspecified atom stereocenters. The van der Waals surface area contributed by atoms with Crippen LogP contribution in [0.4, 0.5) is 0 Å². The van der Waals surface area contributed by atoms with E-state index in [0.717, 1.165) is 24.8 Å². The SMILES string of the molecule is CN=C(NCCC1CCN(C)CC1)NC1CCS(=O)(=O)C1.I. The lowest BCUT2D eigenvalue weighted by molar-refractivity contribution is 0.213. The van der Waals surface area contributed by atoms with Crippen LogP contribution in [0.15, 0.2) is 4.99 Å². The number of hydrogen-bond acceptors (Lipinski definition) is 4. The third-order valence-electron chi connectivity index (χ3n) is 4.48. The average molecular weight is 444 g/mol. The van der Waals surface area contributed by atoms with Crippen LogP contribution in [0.1, 0.15) is 25.7 Å². The first-order chi connectivity index (χ1) is 9.98. The van der Waals surface area contributed by atoms with Gasteiger partial charge in [-0.15, -0.1) is 24.0 Å². The molecule has 130 valence electrons. The number of nitrogens with zero attached hydrogens (tertiary/aromatic N) is 2. The van der Waals surface area contributed by atoms with Crippen LogP contribution in [0.25, 0.3) is 0 Å². The Bertz CT molecular complexity index is 461. The van der Waals surface area contributed by atoms with Gasteiger partial charge in [0, 0.05) is 19.6 Å². The van der Waals surface area contributed by atoms with Crippen molar-refractivity contribution in [3.63, 3.8) is 0 Å². The molecule has 2 aliphatic heterocycles. The maximum atomic E-state index is 11.5. The van der Waals surface area contributed by atoms with Gasteiger partial charge in [-0.2, -0.15) is 0 Å². The lowest BCUT2D eigenvalue weighted by atomic mass is 9.94. The van der Waals surface area contributed by atoms with Crippen LogP contribution < -0.4 is 10.6 Å². The van der Waals surface area contributed by atoms with Crippen LogP contribution in [0.3, 0.4) is 0 Å². The predicted octanol–water partition coefficient (Wildman–Crippen LogP) is 0.688. The summed E-state index contributed by atoms with van der Waals surface area (Å²) >= 11 is 0. The van der Waals surface area contributed by atoms with Crippen LogP contribution in [0, 0.1) is 5.92 Å². The Morgan fingerprint density at radius 1 is 1.27 bits per heavy atom. The van der Waals surface area contributed by atoms with Gasteiger partial charge >= 0.3 is 0 Å². The summed E-state index contributed by atoms with van der Waals surface area (Å²) in [5.41, 5.74) is 0. The van der Waals surface area contributed by atoms with Gasteiger partial charge in [0.15, 0.2) is 15.8 Å². The molecule has 1 atom stereocenters. The summed E-state index contributed by atoms with van der Waals surface area (Å²) in [7, 11) is 1.06. The van der Waals surface area contributed by atoms with E-state index in [1.54, 1.807) is 7.05 Å². The Morgan fingerprint density at radius 3 is 2.50 bits per heavy atom. The largest absolute Gasteiger partial charge is 0.356 e. The predicted molar refractivity (Wildman–Crippen MR) is 102 cm³/mol. The Balaban J connectivity index is 0.00000242. The second kappa shape index (κ2) is 9.27. The van der Waals surface area contributed by atoms with E-state index >= 15 is 0 Å². The van der Waals surface area contributed by atoms with Gasteiger partial charge in [-0.05, 0) is 51.7 Å². The van der Waals surface area contributed by atoms with Gasteiger partial charge in [0.25, 0.3) is 0 Å². The molecule has 0 aliphatic carbocycles. The molecule has 2 N–H and O–H groups in total. The minimum absolute atomic E-state index is 0. The number of nitrogens with one attached hydrogen (secondary N) is 2. The maximum Gasteiger partial charge on any atom is 0.191 e. The van der Waals surface area contributed by atoms with E-state index < -0.39 is 9.84 Å².